The number of carbonyl (C=O) groups is 2. The molecular formula is C28H37NO5. The Kier molecular flexibility index (Phi) is 9.95. The molecule has 0 saturated carbocycles. The van der Waals surface area contributed by atoms with Crippen molar-refractivity contribution >= 4 is 12.1 Å². The summed E-state index contributed by atoms with van der Waals surface area (Å²) in [5.74, 6) is 0.450. The number of cyclic esters (lactones) is 1. The molecule has 0 aromatic heterocycles. The minimum Gasteiger partial charge on any atom is -0.461 e. The first-order chi connectivity index (χ1) is 16.4. The third-order valence-corrected chi connectivity index (χ3v) is 6.35. The fraction of sp³-hybridized carbons (Fsp3) is 0.500. The van der Waals surface area contributed by atoms with Crippen molar-refractivity contribution in [1.29, 1.82) is 0 Å². The molecule has 3 rings (SSSR count). The predicted octanol–water partition coefficient (Wildman–Crippen LogP) is 5.15. The Labute approximate surface area is 203 Å². The molecule has 2 aromatic rings. The average Bonchev–Trinajstić information content (AvgIpc) is 2.88. The predicted molar refractivity (Wildman–Crippen MR) is 131 cm³/mol. The van der Waals surface area contributed by atoms with Gasteiger partial charge in [-0.05, 0) is 42.7 Å². The summed E-state index contributed by atoms with van der Waals surface area (Å²) in [4.78, 5) is 25.3. The molecule has 0 spiro atoms. The van der Waals surface area contributed by atoms with Crippen molar-refractivity contribution in [1.82, 2.24) is 5.32 Å². The number of hydrogen-bond acceptors (Lipinski definition) is 5. The van der Waals surface area contributed by atoms with E-state index in [0.717, 1.165) is 24.8 Å². The van der Waals surface area contributed by atoms with E-state index in [0.29, 0.717) is 12.5 Å². The van der Waals surface area contributed by atoms with Gasteiger partial charge in [-0.3, -0.25) is 0 Å². The van der Waals surface area contributed by atoms with Crippen LogP contribution in [0.3, 0.4) is 0 Å². The number of esters is 1. The number of amides is 1. The molecule has 184 valence electrons. The molecule has 1 fully saturated rings. The van der Waals surface area contributed by atoms with Crippen LogP contribution in [0.25, 0.3) is 0 Å². The fourth-order valence-corrected chi connectivity index (χ4v) is 4.34. The zero-order valence-electron chi connectivity index (χ0n) is 20.4. The summed E-state index contributed by atoms with van der Waals surface area (Å²) in [6.45, 7) is 7.08. The zero-order chi connectivity index (χ0) is 24.3. The molecule has 0 radical (unpaired) electrons. The monoisotopic (exact) mass is 467 g/mol. The smallest absolute Gasteiger partial charge is 0.408 e. The van der Waals surface area contributed by atoms with Crippen LogP contribution in [0.15, 0.2) is 60.7 Å². The lowest BCUT2D eigenvalue weighted by Crippen LogP contribution is -2.46. The average molecular weight is 468 g/mol. The highest BCUT2D eigenvalue weighted by atomic mass is 16.6. The molecule has 0 unspecified atom stereocenters. The van der Waals surface area contributed by atoms with Gasteiger partial charge in [0.15, 0.2) is 6.04 Å². The van der Waals surface area contributed by atoms with Gasteiger partial charge in [0.05, 0.1) is 6.61 Å². The first-order valence-electron chi connectivity index (χ1n) is 12.2. The molecule has 4 atom stereocenters. The molecular weight excluding hydrogens is 430 g/mol. The summed E-state index contributed by atoms with van der Waals surface area (Å²) < 4.78 is 17.2. The van der Waals surface area contributed by atoms with Crippen LogP contribution in [0.5, 0.6) is 0 Å². The number of hydrogen-bond donors (Lipinski definition) is 1. The molecule has 0 aliphatic carbocycles. The number of ether oxygens (including phenoxy) is 3. The second-order valence-corrected chi connectivity index (χ2v) is 9.52. The quantitative estimate of drug-likeness (QED) is 0.543. The highest BCUT2D eigenvalue weighted by Crippen LogP contribution is 2.30. The van der Waals surface area contributed by atoms with Gasteiger partial charge < -0.3 is 19.5 Å². The molecule has 0 bridgehead atoms. The SMILES string of the molecule is CC(C)CC[C@H]1COC[C@H](NC(=O)OCc2ccccc2)C(=O)O[C@@H](C)[C@@H]1Cc1ccccc1. The largest absolute Gasteiger partial charge is 0.461 e. The molecule has 1 amide bonds. The molecule has 1 saturated heterocycles. The van der Waals surface area contributed by atoms with Gasteiger partial charge in [0, 0.05) is 12.5 Å². The van der Waals surface area contributed by atoms with Crippen molar-refractivity contribution in [2.45, 2.75) is 58.8 Å². The third-order valence-electron chi connectivity index (χ3n) is 6.35. The van der Waals surface area contributed by atoms with Crippen molar-refractivity contribution in [3.05, 3.63) is 71.8 Å². The lowest BCUT2D eigenvalue weighted by Gasteiger charge is -2.31. The van der Waals surface area contributed by atoms with Crippen molar-refractivity contribution in [2.75, 3.05) is 13.2 Å². The number of rotatable bonds is 8. The summed E-state index contributed by atoms with van der Waals surface area (Å²) in [5.41, 5.74) is 2.08. The van der Waals surface area contributed by atoms with Crippen molar-refractivity contribution < 1.29 is 23.8 Å². The van der Waals surface area contributed by atoms with Crippen molar-refractivity contribution in [3.63, 3.8) is 0 Å². The first kappa shape index (κ1) is 25.8. The van der Waals surface area contributed by atoms with Crippen LogP contribution in [-0.4, -0.2) is 37.4 Å². The van der Waals surface area contributed by atoms with Gasteiger partial charge in [-0.1, -0.05) is 80.9 Å². The van der Waals surface area contributed by atoms with Crippen LogP contribution in [0, 0.1) is 17.8 Å². The lowest BCUT2D eigenvalue weighted by molar-refractivity contribution is -0.154. The standard InChI is InChI=1S/C28H37NO5/c1-20(2)14-15-24-18-32-19-26(29-28(31)33-17-23-12-8-5-9-13-23)27(30)34-21(3)25(24)16-22-10-6-4-7-11-22/h4-13,20-21,24-26H,14-19H2,1-3H3,(H,29,31)/t21-,24-,25-,26-/m0/s1. The third kappa shape index (κ3) is 8.17. The van der Waals surface area contributed by atoms with Crippen LogP contribution in [-0.2, 0) is 32.0 Å². The zero-order valence-corrected chi connectivity index (χ0v) is 20.4. The summed E-state index contributed by atoms with van der Waals surface area (Å²) >= 11 is 0. The van der Waals surface area contributed by atoms with Crippen LogP contribution in [0.4, 0.5) is 4.79 Å². The minimum atomic E-state index is -0.910. The first-order valence-corrected chi connectivity index (χ1v) is 12.2. The van der Waals surface area contributed by atoms with Crippen LogP contribution >= 0.6 is 0 Å². The summed E-state index contributed by atoms with van der Waals surface area (Å²) in [6.07, 6.45) is 1.90. The van der Waals surface area contributed by atoms with E-state index >= 15 is 0 Å². The van der Waals surface area contributed by atoms with E-state index in [9.17, 15) is 9.59 Å². The van der Waals surface area contributed by atoms with Crippen LogP contribution < -0.4 is 5.32 Å². The number of nitrogens with one attached hydrogen (secondary N) is 1. The maximum absolute atomic E-state index is 12.9. The van der Waals surface area contributed by atoms with E-state index < -0.39 is 18.1 Å². The highest BCUT2D eigenvalue weighted by Gasteiger charge is 2.34. The van der Waals surface area contributed by atoms with E-state index in [-0.39, 0.29) is 31.2 Å². The van der Waals surface area contributed by atoms with Gasteiger partial charge in [-0.2, -0.15) is 0 Å². The number of alkyl carbamates (subject to hydrolysis) is 1. The highest BCUT2D eigenvalue weighted by molar-refractivity contribution is 5.81. The Morgan fingerprint density at radius 1 is 1.03 bits per heavy atom. The molecule has 2 aromatic carbocycles. The number of benzene rings is 2. The fourth-order valence-electron chi connectivity index (χ4n) is 4.34. The molecule has 1 aliphatic heterocycles. The van der Waals surface area contributed by atoms with Gasteiger partial charge in [0.25, 0.3) is 0 Å². The van der Waals surface area contributed by atoms with E-state index in [4.69, 9.17) is 14.2 Å². The molecule has 6 nitrogen and oxygen atoms in total. The molecule has 1 aliphatic rings. The summed E-state index contributed by atoms with van der Waals surface area (Å²) in [7, 11) is 0. The van der Waals surface area contributed by atoms with Crippen molar-refractivity contribution in [2.24, 2.45) is 17.8 Å². The van der Waals surface area contributed by atoms with E-state index in [2.05, 4.69) is 31.3 Å². The molecule has 6 heteroatoms. The van der Waals surface area contributed by atoms with E-state index in [1.54, 1.807) is 0 Å². The summed E-state index contributed by atoms with van der Waals surface area (Å²) in [6, 6.07) is 18.8. The van der Waals surface area contributed by atoms with Gasteiger partial charge in [0.2, 0.25) is 0 Å². The van der Waals surface area contributed by atoms with Gasteiger partial charge >= 0.3 is 12.1 Å². The Hall–Kier alpha value is -2.86. The van der Waals surface area contributed by atoms with E-state index in [1.807, 2.05) is 55.5 Å². The summed E-state index contributed by atoms with van der Waals surface area (Å²) in [5, 5.41) is 2.62. The maximum atomic E-state index is 12.9. The van der Waals surface area contributed by atoms with Gasteiger partial charge in [-0.25, -0.2) is 9.59 Å². The molecule has 34 heavy (non-hydrogen) atoms. The molecule has 1 N–H and O–H groups in total. The molecule has 1 heterocycles. The Bertz CT molecular complexity index is 886. The van der Waals surface area contributed by atoms with Gasteiger partial charge in [0.1, 0.15) is 12.7 Å². The second kappa shape index (κ2) is 13.1. The normalized spacial score (nSPS) is 23.4. The number of carbonyl (C=O) groups excluding carboxylic acids is 2. The Morgan fingerprint density at radius 2 is 1.68 bits per heavy atom. The maximum Gasteiger partial charge on any atom is 0.408 e. The second-order valence-electron chi connectivity index (χ2n) is 9.52. The lowest BCUT2D eigenvalue weighted by atomic mass is 9.80. The topological polar surface area (TPSA) is 73.9 Å². The van der Waals surface area contributed by atoms with Gasteiger partial charge in [-0.15, -0.1) is 0 Å². The minimum absolute atomic E-state index is 0.0578. The van der Waals surface area contributed by atoms with E-state index in [1.165, 1.54) is 5.56 Å². The van der Waals surface area contributed by atoms with Crippen molar-refractivity contribution in [3.8, 4) is 0 Å². The van der Waals surface area contributed by atoms with Crippen LogP contribution in [0.1, 0.15) is 44.7 Å². The Balaban J connectivity index is 1.66. The Morgan fingerprint density at radius 3 is 2.32 bits per heavy atom. The van der Waals surface area contributed by atoms with Crippen LogP contribution in [0.2, 0.25) is 0 Å².